The van der Waals surface area contributed by atoms with E-state index in [2.05, 4.69) is 44.8 Å². The Bertz CT molecular complexity index is 219. The van der Waals surface area contributed by atoms with E-state index in [1.54, 1.807) is 0 Å². The zero-order valence-corrected chi connectivity index (χ0v) is 12.6. The Morgan fingerprint density at radius 3 is 2.24 bits per heavy atom. The molecule has 0 aromatic rings. The van der Waals surface area contributed by atoms with E-state index in [1.165, 1.54) is 45.4 Å². The number of nitrogens with one attached hydrogen (secondary N) is 1. The van der Waals surface area contributed by atoms with Crippen molar-refractivity contribution in [2.75, 3.05) is 32.7 Å². The molecule has 0 saturated carbocycles. The van der Waals surface area contributed by atoms with Gasteiger partial charge in [-0.15, -0.1) is 0 Å². The Kier molecular flexibility index (Phi) is 5.46. The molecule has 1 fully saturated rings. The lowest BCUT2D eigenvalue weighted by Gasteiger charge is -2.36. The van der Waals surface area contributed by atoms with Gasteiger partial charge in [-0.25, -0.2) is 0 Å². The van der Waals surface area contributed by atoms with Gasteiger partial charge in [-0.1, -0.05) is 34.6 Å². The van der Waals surface area contributed by atoms with Crippen molar-refractivity contribution >= 4 is 0 Å². The van der Waals surface area contributed by atoms with Gasteiger partial charge in [-0.2, -0.15) is 0 Å². The van der Waals surface area contributed by atoms with E-state index in [0.29, 0.717) is 10.8 Å². The summed E-state index contributed by atoms with van der Waals surface area (Å²) in [5.41, 5.74) is 1.02. The zero-order chi connectivity index (χ0) is 12.9. The van der Waals surface area contributed by atoms with Gasteiger partial charge in [0.25, 0.3) is 0 Å². The lowest BCUT2D eigenvalue weighted by atomic mass is 9.81. The lowest BCUT2D eigenvalue weighted by molar-refractivity contribution is 0.146. The van der Waals surface area contributed by atoms with E-state index in [-0.39, 0.29) is 0 Å². The first-order valence-electron chi connectivity index (χ1n) is 7.40. The van der Waals surface area contributed by atoms with Crippen LogP contribution in [0.5, 0.6) is 0 Å². The molecular formula is C15H32N2. The van der Waals surface area contributed by atoms with Gasteiger partial charge in [0.1, 0.15) is 0 Å². The van der Waals surface area contributed by atoms with Gasteiger partial charge in [0, 0.05) is 19.6 Å². The summed E-state index contributed by atoms with van der Waals surface area (Å²) in [6.45, 7) is 17.8. The second kappa shape index (κ2) is 6.19. The van der Waals surface area contributed by atoms with Crippen LogP contribution in [-0.4, -0.2) is 37.6 Å². The summed E-state index contributed by atoms with van der Waals surface area (Å²) in [4.78, 5) is 2.68. The molecule has 0 amide bonds. The maximum atomic E-state index is 3.56. The van der Waals surface area contributed by atoms with Crippen LogP contribution in [0.4, 0.5) is 0 Å². The van der Waals surface area contributed by atoms with Crippen molar-refractivity contribution in [2.45, 2.75) is 53.9 Å². The molecule has 0 aromatic carbocycles. The maximum absolute atomic E-state index is 3.56. The standard InChI is InChI=1S/C15H32N2/c1-6-15(7-2,11-16-8-3)13-17-10-9-14(4,5)12-17/h16H,6-13H2,1-5H3. The van der Waals surface area contributed by atoms with Crippen LogP contribution in [0.3, 0.4) is 0 Å². The predicted molar refractivity (Wildman–Crippen MR) is 76.4 cm³/mol. The molecule has 17 heavy (non-hydrogen) atoms. The minimum absolute atomic E-state index is 0.483. The van der Waals surface area contributed by atoms with Crippen LogP contribution >= 0.6 is 0 Å². The quantitative estimate of drug-likeness (QED) is 0.735. The van der Waals surface area contributed by atoms with Gasteiger partial charge in [-0.05, 0) is 43.2 Å². The average Bonchev–Trinajstić information content (AvgIpc) is 2.64. The Morgan fingerprint density at radius 2 is 1.82 bits per heavy atom. The molecule has 1 aliphatic heterocycles. The van der Waals surface area contributed by atoms with Gasteiger partial charge in [0.05, 0.1) is 0 Å². The van der Waals surface area contributed by atoms with Crippen molar-refractivity contribution < 1.29 is 0 Å². The van der Waals surface area contributed by atoms with Crippen LogP contribution in [0.1, 0.15) is 53.9 Å². The zero-order valence-electron chi connectivity index (χ0n) is 12.6. The van der Waals surface area contributed by atoms with Crippen molar-refractivity contribution in [3.05, 3.63) is 0 Å². The summed E-state index contributed by atoms with van der Waals surface area (Å²) in [5, 5.41) is 3.56. The van der Waals surface area contributed by atoms with E-state index in [9.17, 15) is 0 Å². The van der Waals surface area contributed by atoms with Gasteiger partial charge in [0.15, 0.2) is 0 Å². The number of hydrogen-bond acceptors (Lipinski definition) is 2. The molecule has 0 spiro atoms. The molecular weight excluding hydrogens is 208 g/mol. The summed E-state index contributed by atoms with van der Waals surface area (Å²) in [7, 11) is 0. The number of rotatable bonds is 7. The van der Waals surface area contributed by atoms with E-state index in [0.717, 1.165) is 6.54 Å². The van der Waals surface area contributed by atoms with Gasteiger partial charge < -0.3 is 10.2 Å². The Labute approximate surface area is 108 Å². The normalized spacial score (nSPS) is 21.0. The van der Waals surface area contributed by atoms with Gasteiger partial charge in [0.2, 0.25) is 0 Å². The van der Waals surface area contributed by atoms with Crippen LogP contribution in [0.15, 0.2) is 0 Å². The summed E-state index contributed by atoms with van der Waals surface area (Å²) in [6, 6.07) is 0. The summed E-state index contributed by atoms with van der Waals surface area (Å²) in [6.07, 6.45) is 3.93. The molecule has 0 bridgehead atoms. The number of nitrogens with zero attached hydrogens (tertiary/aromatic N) is 1. The molecule has 0 aliphatic carbocycles. The number of hydrogen-bond donors (Lipinski definition) is 1. The van der Waals surface area contributed by atoms with Gasteiger partial charge >= 0.3 is 0 Å². The fourth-order valence-corrected chi connectivity index (χ4v) is 3.00. The monoisotopic (exact) mass is 240 g/mol. The van der Waals surface area contributed by atoms with Crippen molar-refractivity contribution in [1.82, 2.24) is 10.2 Å². The van der Waals surface area contributed by atoms with Crippen molar-refractivity contribution in [1.29, 1.82) is 0 Å². The third-order valence-corrected chi connectivity index (χ3v) is 4.57. The molecule has 0 aromatic heterocycles. The minimum Gasteiger partial charge on any atom is -0.316 e. The topological polar surface area (TPSA) is 15.3 Å². The highest BCUT2D eigenvalue weighted by atomic mass is 15.2. The molecule has 2 heteroatoms. The van der Waals surface area contributed by atoms with Crippen molar-refractivity contribution in [2.24, 2.45) is 10.8 Å². The molecule has 1 rings (SSSR count). The summed E-state index contributed by atoms with van der Waals surface area (Å²) < 4.78 is 0. The first kappa shape index (κ1) is 15.0. The third kappa shape index (κ3) is 4.26. The maximum Gasteiger partial charge on any atom is 0.00502 e. The summed E-state index contributed by atoms with van der Waals surface area (Å²) >= 11 is 0. The molecule has 1 saturated heterocycles. The highest BCUT2D eigenvalue weighted by molar-refractivity contribution is 4.89. The van der Waals surface area contributed by atoms with Crippen molar-refractivity contribution in [3.8, 4) is 0 Å². The van der Waals surface area contributed by atoms with Crippen molar-refractivity contribution in [3.63, 3.8) is 0 Å². The number of likely N-dealkylation sites (tertiary alicyclic amines) is 1. The lowest BCUT2D eigenvalue weighted by Crippen LogP contribution is -2.43. The highest BCUT2D eigenvalue weighted by Gasteiger charge is 2.34. The molecule has 0 unspecified atom stereocenters. The second-order valence-corrected chi connectivity index (χ2v) is 6.61. The van der Waals surface area contributed by atoms with E-state index < -0.39 is 0 Å². The third-order valence-electron chi connectivity index (χ3n) is 4.57. The first-order chi connectivity index (χ1) is 7.97. The second-order valence-electron chi connectivity index (χ2n) is 6.61. The predicted octanol–water partition coefficient (Wildman–Crippen LogP) is 3.13. The fourth-order valence-electron chi connectivity index (χ4n) is 3.00. The molecule has 1 heterocycles. The average molecular weight is 240 g/mol. The van der Waals surface area contributed by atoms with Crippen LogP contribution in [0.2, 0.25) is 0 Å². The highest BCUT2D eigenvalue weighted by Crippen LogP contribution is 2.33. The SMILES string of the molecule is CCNCC(CC)(CC)CN1CCC(C)(C)C1. The van der Waals surface area contributed by atoms with Crippen LogP contribution in [-0.2, 0) is 0 Å². The Morgan fingerprint density at radius 1 is 1.18 bits per heavy atom. The molecule has 1 N–H and O–H groups in total. The van der Waals surface area contributed by atoms with Crippen LogP contribution in [0, 0.1) is 10.8 Å². The Hall–Kier alpha value is -0.0800. The smallest absolute Gasteiger partial charge is 0.00502 e. The van der Waals surface area contributed by atoms with Gasteiger partial charge in [-0.3, -0.25) is 0 Å². The first-order valence-corrected chi connectivity index (χ1v) is 7.40. The van der Waals surface area contributed by atoms with Crippen LogP contribution in [0.25, 0.3) is 0 Å². The Balaban J connectivity index is 2.54. The van der Waals surface area contributed by atoms with E-state index in [1.807, 2.05) is 0 Å². The largest absolute Gasteiger partial charge is 0.316 e. The summed E-state index contributed by atoms with van der Waals surface area (Å²) in [5.74, 6) is 0. The molecule has 2 nitrogen and oxygen atoms in total. The molecule has 102 valence electrons. The van der Waals surface area contributed by atoms with E-state index in [4.69, 9.17) is 0 Å². The minimum atomic E-state index is 0.483. The fraction of sp³-hybridized carbons (Fsp3) is 1.00. The van der Waals surface area contributed by atoms with Crippen LogP contribution < -0.4 is 5.32 Å². The molecule has 0 atom stereocenters. The molecule has 0 radical (unpaired) electrons. The molecule has 1 aliphatic rings. The van der Waals surface area contributed by atoms with E-state index >= 15 is 0 Å².